The number of rotatable bonds is 5. The molecule has 0 saturated heterocycles. The number of amides is 3. The summed E-state index contributed by atoms with van der Waals surface area (Å²) in [6, 6.07) is 10.9. The number of anilines is 1. The van der Waals surface area contributed by atoms with E-state index in [0.717, 1.165) is 0 Å². The number of urea groups is 1. The average Bonchev–Trinajstić information content (AvgIpc) is 2.61. The number of carbonyl (C=O) groups excluding carboxylic acids is 2. The lowest BCUT2D eigenvalue weighted by Crippen LogP contribution is -2.28. The van der Waals surface area contributed by atoms with Crippen molar-refractivity contribution in [3.63, 3.8) is 0 Å². The van der Waals surface area contributed by atoms with E-state index < -0.39 is 11.9 Å². The van der Waals surface area contributed by atoms with Crippen LogP contribution in [0.1, 0.15) is 10.4 Å². The number of nitrogens with one attached hydrogen (secondary N) is 2. The monoisotopic (exact) mass is 391 g/mol. The highest BCUT2D eigenvalue weighted by atomic mass is 35.5. The number of primary amides is 1. The fourth-order valence-electron chi connectivity index (χ4n) is 1.90. The molecule has 0 aliphatic rings. The van der Waals surface area contributed by atoms with E-state index in [2.05, 4.69) is 22.5 Å². The van der Waals surface area contributed by atoms with Gasteiger partial charge in [-0.15, -0.1) is 0 Å². The summed E-state index contributed by atoms with van der Waals surface area (Å²) in [5, 5.41) is 5.92. The SMILES string of the molecule is NC(=O)c1ccccc1OCC#CCNC(=O)Nc1ccc(Cl)c(Cl)c1. The molecule has 0 heterocycles. The first kappa shape index (κ1) is 19.4. The lowest BCUT2D eigenvalue weighted by Gasteiger charge is -2.06. The van der Waals surface area contributed by atoms with Gasteiger partial charge in [-0.25, -0.2) is 4.79 Å². The Labute approximate surface area is 160 Å². The molecule has 0 saturated carbocycles. The first-order chi connectivity index (χ1) is 12.5. The third kappa shape index (κ3) is 5.88. The number of para-hydroxylation sites is 1. The van der Waals surface area contributed by atoms with Gasteiger partial charge in [-0.1, -0.05) is 47.2 Å². The van der Waals surface area contributed by atoms with Gasteiger partial charge in [0.2, 0.25) is 0 Å². The van der Waals surface area contributed by atoms with Gasteiger partial charge in [-0.05, 0) is 30.3 Å². The zero-order valence-electron chi connectivity index (χ0n) is 13.5. The van der Waals surface area contributed by atoms with E-state index in [0.29, 0.717) is 21.5 Å². The number of carbonyl (C=O) groups is 2. The van der Waals surface area contributed by atoms with E-state index in [1.807, 2.05) is 0 Å². The Morgan fingerprint density at radius 3 is 2.58 bits per heavy atom. The number of halogens is 2. The first-order valence-electron chi connectivity index (χ1n) is 7.44. The Morgan fingerprint density at radius 1 is 1.08 bits per heavy atom. The molecule has 26 heavy (non-hydrogen) atoms. The molecule has 0 unspecified atom stereocenters. The molecule has 0 aromatic heterocycles. The third-order valence-corrected chi connectivity index (χ3v) is 3.83. The van der Waals surface area contributed by atoms with E-state index in [1.54, 1.807) is 42.5 Å². The molecule has 4 N–H and O–H groups in total. The maximum Gasteiger partial charge on any atom is 0.319 e. The molecule has 0 fully saturated rings. The van der Waals surface area contributed by atoms with Crippen LogP contribution in [0.25, 0.3) is 0 Å². The van der Waals surface area contributed by atoms with Gasteiger partial charge in [0.25, 0.3) is 5.91 Å². The number of hydrogen-bond donors (Lipinski definition) is 3. The summed E-state index contributed by atoms with van der Waals surface area (Å²) < 4.78 is 5.40. The molecule has 3 amide bonds. The Kier molecular flexibility index (Phi) is 7.15. The molecule has 8 heteroatoms. The highest BCUT2D eigenvalue weighted by Gasteiger charge is 2.07. The summed E-state index contributed by atoms with van der Waals surface area (Å²) in [4.78, 5) is 23.0. The van der Waals surface area contributed by atoms with Crippen LogP contribution < -0.4 is 21.1 Å². The fourth-order valence-corrected chi connectivity index (χ4v) is 2.20. The third-order valence-electron chi connectivity index (χ3n) is 3.09. The quantitative estimate of drug-likeness (QED) is 0.682. The van der Waals surface area contributed by atoms with Crippen molar-refractivity contribution in [3.8, 4) is 17.6 Å². The average molecular weight is 392 g/mol. The van der Waals surface area contributed by atoms with Crippen LogP contribution in [0.4, 0.5) is 10.5 Å². The molecule has 0 bridgehead atoms. The van der Waals surface area contributed by atoms with Gasteiger partial charge in [0.1, 0.15) is 12.4 Å². The van der Waals surface area contributed by atoms with E-state index in [9.17, 15) is 9.59 Å². The smallest absolute Gasteiger partial charge is 0.319 e. The standard InChI is InChI=1S/C18H15Cl2N3O3/c19-14-8-7-12(11-15(14)20)23-18(25)22-9-3-4-10-26-16-6-2-1-5-13(16)17(21)24/h1-2,5-8,11H,9-10H2,(H2,21,24)(H2,22,23,25). The minimum atomic E-state index is -0.575. The predicted octanol–water partition coefficient (Wildman–Crippen LogP) is 3.30. The van der Waals surface area contributed by atoms with Crippen molar-refractivity contribution >= 4 is 40.8 Å². The maximum absolute atomic E-state index is 11.7. The van der Waals surface area contributed by atoms with Gasteiger partial charge in [0, 0.05) is 5.69 Å². The van der Waals surface area contributed by atoms with Crippen LogP contribution in [-0.2, 0) is 0 Å². The zero-order valence-corrected chi connectivity index (χ0v) is 15.0. The molecule has 0 atom stereocenters. The van der Waals surface area contributed by atoms with Crippen LogP contribution in [-0.4, -0.2) is 25.1 Å². The maximum atomic E-state index is 11.7. The van der Waals surface area contributed by atoms with Crippen molar-refractivity contribution in [3.05, 3.63) is 58.1 Å². The Balaban J connectivity index is 1.76. The van der Waals surface area contributed by atoms with Crippen molar-refractivity contribution in [1.29, 1.82) is 0 Å². The minimum absolute atomic E-state index is 0.0559. The highest BCUT2D eigenvalue weighted by molar-refractivity contribution is 6.42. The van der Waals surface area contributed by atoms with Crippen molar-refractivity contribution in [2.75, 3.05) is 18.5 Å². The molecular weight excluding hydrogens is 377 g/mol. The van der Waals surface area contributed by atoms with Gasteiger partial charge in [0.15, 0.2) is 0 Å². The molecule has 6 nitrogen and oxygen atoms in total. The number of nitrogens with two attached hydrogens (primary N) is 1. The molecule has 2 aromatic carbocycles. The van der Waals surface area contributed by atoms with Gasteiger partial charge < -0.3 is 21.1 Å². The van der Waals surface area contributed by atoms with Crippen LogP contribution in [0.5, 0.6) is 5.75 Å². The molecule has 2 rings (SSSR count). The molecule has 2 aromatic rings. The van der Waals surface area contributed by atoms with Crippen LogP contribution >= 0.6 is 23.2 Å². The van der Waals surface area contributed by atoms with Crippen LogP contribution in [0.15, 0.2) is 42.5 Å². The molecule has 0 spiro atoms. The molecule has 0 radical (unpaired) electrons. The van der Waals surface area contributed by atoms with E-state index >= 15 is 0 Å². The van der Waals surface area contributed by atoms with Crippen LogP contribution in [0.3, 0.4) is 0 Å². The van der Waals surface area contributed by atoms with Crippen molar-refractivity contribution in [1.82, 2.24) is 5.32 Å². The van der Waals surface area contributed by atoms with Crippen molar-refractivity contribution in [2.45, 2.75) is 0 Å². The van der Waals surface area contributed by atoms with Crippen LogP contribution in [0.2, 0.25) is 10.0 Å². The second kappa shape index (κ2) is 9.56. The van der Waals surface area contributed by atoms with Crippen molar-refractivity contribution in [2.24, 2.45) is 5.73 Å². The molecule has 134 valence electrons. The van der Waals surface area contributed by atoms with Gasteiger partial charge in [-0.2, -0.15) is 0 Å². The minimum Gasteiger partial charge on any atom is -0.480 e. The first-order valence-corrected chi connectivity index (χ1v) is 8.20. The number of hydrogen-bond acceptors (Lipinski definition) is 3. The summed E-state index contributed by atoms with van der Waals surface area (Å²) >= 11 is 11.7. The zero-order chi connectivity index (χ0) is 18.9. The van der Waals surface area contributed by atoms with E-state index in [1.165, 1.54) is 0 Å². The highest BCUT2D eigenvalue weighted by Crippen LogP contribution is 2.24. The largest absolute Gasteiger partial charge is 0.480 e. The summed E-state index contributed by atoms with van der Waals surface area (Å²) in [5.41, 5.74) is 6.05. The normalized spacial score (nSPS) is 9.62. The predicted molar refractivity (Wildman–Crippen MR) is 102 cm³/mol. The lowest BCUT2D eigenvalue weighted by molar-refractivity contribution is 0.0997. The van der Waals surface area contributed by atoms with Crippen LogP contribution in [0, 0.1) is 11.8 Å². The number of benzene rings is 2. The van der Waals surface area contributed by atoms with E-state index in [-0.39, 0.29) is 18.7 Å². The van der Waals surface area contributed by atoms with Crippen molar-refractivity contribution < 1.29 is 14.3 Å². The number of ether oxygens (including phenoxy) is 1. The summed E-state index contributed by atoms with van der Waals surface area (Å²) in [5.74, 6) is 5.25. The molecular formula is C18H15Cl2N3O3. The van der Waals surface area contributed by atoms with E-state index in [4.69, 9.17) is 33.7 Å². The van der Waals surface area contributed by atoms with Gasteiger partial charge in [-0.3, -0.25) is 4.79 Å². The fraction of sp³-hybridized carbons (Fsp3) is 0.111. The second-order valence-electron chi connectivity index (χ2n) is 4.94. The second-order valence-corrected chi connectivity index (χ2v) is 5.75. The molecule has 0 aliphatic heterocycles. The summed E-state index contributed by atoms with van der Waals surface area (Å²) in [6.45, 7) is 0.175. The Hall–Kier alpha value is -2.88. The summed E-state index contributed by atoms with van der Waals surface area (Å²) in [7, 11) is 0. The van der Waals surface area contributed by atoms with Gasteiger partial charge in [0.05, 0.1) is 22.2 Å². The molecule has 0 aliphatic carbocycles. The topological polar surface area (TPSA) is 93.5 Å². The lowest BCUT2D eigenvalue weighted by atomic mass is 10.2. The van der Waals surface area contributed by atoms with Gasteiger partial charge >= 0.3 is 6.03 Å². The Bertz CT molecular complexity index is 875. The summed E-state index contributed by atoms with van der Waals surface area (Å²) in [6.07, 6.45) is 0. The Morgan fingerprint density at radius 2 is 1.85 bits per heavy atom.